The van der Waals surface area contributed by atoms with Gasteiger partial charge in [-0.25, -0.2) is 9.97 Å². The summed E-state index contributed by atoms with van der Waals surface area (Å²) in [5.74, 6) is 0.157. The van der Waals surface area contributed by atoms with Crippen molar-refractivity contribution in [1.29, 1.82) is 0 Å². The molecule has 1 N–H and O–H groups in total. The summed E-state index contributed by atoms with van der Waals surface area (Å²) in [5, 5.41) is 3.33. The lowest BCUT2D eigenvalue weighted by Crippen LogP contribution is -2.38. The van der Waals surface area contributed by atoms with Crippen molar-refractivity contribution >= 4 is 28.3 Å². The quantitative estimate of drug-likeness (QED) is 0.910. The van der Waals surface area contributed by atoms with Crippen molar-refractivity contribution < 1.29 is 9.59 Å². The number of nitrogens with zero attached hydrogens (tertiary/aromatic N) is 4. The minimum absolute atomic E-state index is 0.199. The van der Waals surface area contributed by atoms with Gasteiger partial charge in [-0.2, -0.15) is 0 Å². The standard InChI is InChI=1S/C17H19N5O2S/c23-15(13-9-18-6-7-19-13)21-17-20-12-5-8-22(10-14(12)25-17)16(24)11-3-1-2-4-11/h6-7,9,11H,1-5,8,10H2,(H,20,21,23). The molecule has 0 atom stereocenters. The van der Waals surface area contributed by atoms with Gasteiger partial charge in [0.2, 0.25) is 5.91 Å². The van der Waals surface area contributed by atoms with Gasteiger partial charge in [-0.1, -0.05) is 24.2 Å². The molecule has 2 aromatic heterocycles. The SMILES string of the molecule is O=C(Nc1nc2c(s1)CN(C(=O)C1CCCC1)CC2)c1cnccn1. The normalized spacial score (nSPS) is 17.4. The first kappa shape index (κ1) is 16.1. The molecule has 130 valence electrons. The van der Waals surface area contributed by atoms with Gasteiger partial charge in [-0.05, 0) is 12.8 Å². The van der Waals surface area contributed by atoms with Crippen molar-refractivity contribution in [1.82, 2.24) is 19.9 Å². The van der Waals surface area contributed by atoms with Crippen molar-refractivity contribution in [3.05, 3.63) is 34.9 Å². The van der Waals surface area contributed by atoms with E-state index in [1.807, 2.05) is 4.90 Å². The second-order valence-corrected chi connectivity index (χ2v) is 7.51. The van der Waals surface area contributed by atoms with E-state index in [0.717, 1.165) is 42.7 Å². The first-order valence-electron chi connectivity index (χ1n) is 8.55. The van der Waals surface area contributed by atoms with Crippen LogP contribution in [-0.4, -0.2) is 38.2 Å². The second kappa shape index (κ2) is 6.87. The molecule has 0 aromatic carbocycles. The van der Waals surface area contributed by atoms with Gasteiger partial charge in [-0.3, -0.25) is 19.9 Å². The van der Waals surface area contributed by atoms with Crippen LogP contribution in [0.15, 0.2) is 18.6 Å². The van der Waals surface area contributed by atoms with Crippen LogP contribution in [0.3, 0.4) is 0 Å². The molecule has 1 aliphatic heterocycles. The lowest BCUT2D eigenvalue weighted by atomic mass is 10.0. The average molecular weight is 357 g/mol. The Hall–Kier alpha value is -2.35. The summed E-state index contributed by atoms with van der Waals surface area (Å²) in [6.45, 7) is 1.31. The number of carbonyl (C=O) groups is 2. The number of rotatable bonds is 3. The van der Waals surface area contributed by atoms with Gasteiger partial charge in [0, 0.05) is 36.2 Å². The predicted molar refractivity (Wildman–Crippen MR) is 93.2 cm³/mol. The Bertz CT molecular complexity index is 786. The number of carbonyl (C=O) groups excluding carboxylic acids is 2. The van der Waals surface area contributed by atoms with Crippen molar-refractivity contribution in [3.8, 4) is 0 Å². The van der Waals surface area contributed by atoms with E-state index in [2.05, 4.69) is 20.3 Å². The predicted octanol–water partition coefficient (Wildman–Crippen LogP) is 2.26. The molecule has 7 nitrogen and oxygen atoms in total. The van der Waals surface area contributed by atoms with Gasteiger partial charge in [0.1, 0.15) is 5.69 Å². The third-order valence-corrected chi connectivity index (χ3v) is 5.76. The fourth-order valence-electron chi connectivity index (χ4n) is 3.45. The minimum Gasteiger partial charge on any atom is -0.337 e. The van der Waals surface area contributed by atoms with Crippen LogP contribution in [0.1, 0.15) is 46.7 Å². The Morgan fingerprint density at radius 2 is 2.08 bits per heavy atom. The monoisotopic (exact) mass is 357 g/mol. The lowest BCUT2D eigenvalue weighted by molar-refractivity contribution is -0.136. The smallest absolute Gasteiger partial charge is 0.277 e. The maximum Gasteiger partial charge on any atom is 0.277 e. The molecule has 0 spiro atoms. The molecule has 25 heavy (non-hydrogen) atoms. The molecule has 1 fully saturated rings. The highest BCUT2D eigenvalue weighted by Crippen LogP contribution is 2.32. The topological polar surface area (TPSA) is 88.1 Å². The van der Waals surface area contributed by atoms with E-state index in [1.54, 1.807) is 0 Å². The minimum atomic E-state index is -0.321. The summed E-state index contributed by atoms with van der Waals surface area (Å²) in [4.78, 5) is 40.2. The summed E-state index contributed by atoms with van der Waals surface area (Å²) in [6, 6.07) is 0. The van der Waals surface area contributed by atoms with E-state index < -0.39 is 0 Å². The molecule has 2 aromatic rings. The van der Waals surface area contributed by atoms with E-state index >= 15 is 0 Å². The summed E-state index contributed by atoms with van der Waals surface area (Å²) in [7, 11) is 0. The molecular weight excluding hydrogens is 338 g/mol. The average Bonchev–Trinajstić information content (AvgIpc) is 3.30. The summed E-state index contributed by atoms with van der Waals surface area (Å²) >= 11 is 1.44. The first-order valence-corrected chi connectivity index (χ1v) is 9.37. The van der Waals surface area contributed by atoms with Gasteiger partial charge < -0.3 is 4.90 Å². The molecule has 0 radical (unpaired) electrons. The van der Waals surface area contributed by atoms with Crippen LogP contribution < -0.4 is 5.32 Å². The second-order valence-electron chi connectivity index (χ2n) is 6.42. The number of hydrogen-bond donors (Lipinski definition) is 1. The van der Waals surface area contributed by atoms with Crippen LogP contribution in [-0.2, 0) is 17.8 Å². The van der Waals surface area contributed by atoms with Gasteiger partial charge in [0.05, 0.1) is 18.4 Å². The van der Waals surface area contributed by atoms with Crippen LogP contribution in [0.25, 0.3) is 0 Å². The summed E-state index contributed by atoms with van der Waals surface area (Å²) in [6.07, 6.45) is 9.52. The number of thiazole rings is 1. The zero-order valence-electron chi connectivity index (χ0n) is 13.8. The van der Waals surface area contributed by atoms with Crippen LogP contribution in [0.2, 0.25) is 0 Å². The van der Waals surface area contributed by atoms with Gasteiger partial charge in [-0.15, -0.1) is 0 Å². The summed E-state index contributed by atoms with van der Waals surface area (Å²) < 4.78 is 0. The molecule has 0 unspecified atom stereocenters. The highest BCUT2D eigenvalue weighted by molar-refractivity contribution is 7.15. The molecule has 0 bridgehead atoms. The molecule has 8 heteroatoms. The molecule has 2 amide bonds. The molecular formula is C17H19N5O2S. The van der Waals surface area contributed by atoms with Crippen molar-refractivity contribution in [3.63, 3.8) is 0 Å². The Kier molecular flexibility index (Phi) is 4.44. The Morgan fingerprint density at radius 3 is 2.84 bits per heavy atom. The zero-order chi connectivity index (χ0) is 17.2. The zero-order valence-corrected chi connectivity index (χ0v) is 14.6. The van der Waals surface area contributed by atoms with Crippen molar-refractivity contribution in [2.45, 2.75) is 38.6 Å². The van der Waals surface area contributed by atoms with Crippen molar-refractivity contribution in [2.24, 2.45) is 5.92 Å². The van der Waals surface area contributed by atoms with E-state index in [0.29, 0.717) is 18.2 Å². The van der Waals surface area contributed by atoms with Crippen LogP contribution in [0, 0.1) is 5.92 Å². The molecule has 2 aliphatic rings. The van der Waals surface area contributed by atoms with Crippen LogP contribution in [0.5, 0.6) is 0 Å². The Morgan fingerprint density at radius 1 is 1.24 bits per heavy atom. The number of nitrogens with one attached hydrogen (secondary N) is 1. The fraction of sp³-hybridized carbons (Fsp3) is 0.471. The van der Waals surface area contributed by atoms with Crippen LogP contribution in [0.4, 0.5) is 5.13 Å². The van der Waals surface area contributed by atoms with Gasteiger partial charge >= 0.3 is 0 Å². The van der Waals surface area contributed by atoms with E-state index in [1.165, 1.54) is 29.9 Å². The molecule has 4 rings (SSSR count). The van der Waals surface area contributed by atoms with E-state index in [-0.39, 0.29) is 23.4 Å². The largest absolute Gasteiger partial charge is 0.337 e. The Labute approximate surface area is 149 Å². The maximum absolute atomic E-state index is 12.6. The van der Waals surface area contributed by atoms with Crippen molar-refractivity contribution in [2.75, 3.05) is 11.9 Å². The van der Waals surface area contributed by atoms with Crippen LogP contribution >= 0.6 is 11.3 Å². The third kappa shape index (κ3) is 3.39. The third-order valence-electron chi connectivity index (χ3n) is 4.76. The highest BCUT2D eigenvalue weighted by atomic mass is 32.1. The number of anilines is 1. The molecule has 1 saturated carbocycles. The number of aromatic nitrogens is 3. The number of fused-ring (bicyclic) bond motifs is 1. The molecule has 3 heterocycles. The van der Waals surface area contributed by atoms with Gasteiger partial charge in [0.15, 0.2) is 5.13 Å². The highest BCUT2D eigenvalue weighted by Gasteiger charge is 2.30. The molecule has 1 aliphatic carbocycles. The van der Waals surface area contributed by atoms with Gasteiger partial charge in [0.25, 0.3) is 5.91 Å². The van der Waals surface area contributed by atoms with E-state index in [4.69, 9.17) is 0 Å². The first-order chi connectivity index (χ1) is 12.2. The van der Waals surface area contributed by atoms with E-state index in [9.17, 15) is 9.59 Å². The lowest BCUT2D eigenvalue weighted by Gasteiger charge is -2.28. The Balaban J connectivity index is 1.44. The molecule has 0 saturated heterocycles. The fourth-order valence-corrected chi connectivity index (χ4v) is 4.46. The summed E-state index contributed by atoms with van der Waals surface area (Å²) in [5.41, 5.74) is 1.24. The maximum atomic E-state index is 12.6. The number of hydrogen-bond acceptors (Lipinski definition) is 6. The number of amides is 2.